The molecule has 0 aliphatic carbocycles. The number of nitrogens with two attached hydrogens (primary N) is 1. The summed E-state index contributed by atoms with van der Waals surface area (Å²) in [4.78, 5) is 0. The third-order valence-corrected chi connectivity index (χ3v) is 4.09. The van der Waals surface area contributed by atoms with Crippen molar-refractivity contribution in [2.24, 2.45) is 5.73 Å². The second-order valence-corrected chi connectivity index (χ2v) is 5.90. The molecule has 2 aromatic carbocycles. The molecule has 2 aromatic rings. The summed E-state index contributed by atoms with van der Waals surface area (Å²) in [5, 5.41) is 0. The first-order valence-corrected chi connectivity index (χ1v) is 7.79. The molecular formula is C17H19BrFNO. The fourth-order valence-electron chi connectivity index (χ4n) is 1.97. The number of benzene rings is 2. The van der Waals surface area contributed by atoms with Gasteiger partial charge in [0.2, 0.25) is 0 Å². The van der Waals surface area contributed by atoms with Gasteiger partial charge in [-0.05, 0) is 42.7 Å². The molecule has 0 bridgehead atoms. The van der Waals surface area contributed by atoms with Crippen molar-refractivity contribution < 1.29 is 9.13 Å². The van der Waals surface area contributed by atoms with Crippen molar-refractivity contribution in [3.63, 3.8) is 0 Å². The first kappa shape index (κ1) is 16.0. The van der Waals surface area contributed by atoms with Crippen LogP contribution >= 0.6 is 15.9 Å². The van der Waals surface area contributed by atoms with Gasteiger partial charge in [-0.2, -0.15) is 0 Å². The average Bonchev–Trinajstić information content (AvgIpc) is 2.48. The smallest absolute Gasteiger partial charge is 0.124 e. The minimum Gasteiger partial charge on any atom is -0.489 e. The fraction of sp³-hybridized carbons (Fsp3) is 0.294. The maximum atomic E-state index is 13.0. The van der Waals surface area contributed by atoms with Crippen LogP contribution in [0.3, 0.4) is 0 Å². The van der Waals surface area contributed by atoms with Gasteiger partial charge in [0.05, 0.1) is 0 Å². The minimum atomic E-state index is -0.262. The van der Waals surface area contributed by atoms with Crippen molar-refractivity contribution in [1.29, 1.82) is 0 Å². The number of hydrogen-bond acceptors (Lipinski definition) is 2. The molecule has 0 saturated heterocycles. The second-order valence-electron chi connectivity index (χ2n) is 5.04. The Balaban J connectivity index is 1.94. The molecule has 4 heteroatoms. The van der Waals surface area contributed by atoms with Gasteiger partial charge in [0, 0.05) is 16.1 Å². The molecule has 0 saturated carbocycles. The van der Waals surface area contributed by atoms with Crippen LogP contribution in [0.2, 0.25) is 0 Å². The Bertz CT molecular complexity index is 586. The van der Waals surface area contributed by atoms with Crippen LogP contribution in [0.15, 0.2) is 46.9 Å². The Morgan fingerprint density at radius 3 is 2.52 bits per heavy atom. The zero-order valence-electron chi connectivity index (χ0n) is 12.0. The van der Waals surface area contributed by atoms with Crippen LogP contribution in [0.25, 0.3) is 0 Å². The lowest BCUT2D eigenvalue weighted by Gasteiger charge is -2.11. The van der Waals surface area contributed by atoms with E-state index in [-0.39, 0.29) is 11.9 Å². The highest BCUT2D eigenvalue weighted by Crippen LogP contribution is 2.21. The molecule has 0 heterocycles. The first-order chi connectivity index (χ1) is 10.1. The van der Waals surface area contributed by atoms with E-state index in [2.05, 4.69) is 22.9 Å². The van der Waals surface area contributed by atoms with Gasteiger partial charge in [-0.15, -0.1) is 0 Å². The summed E-state index contributed by atoms with van der Waals surface area (Å²) in [6, 6.07) is 12.7. The lowest BCUT2D eigenvalue weighted by atomic mass is 10.0. The summed E-state index contributed by atoms with van der Waals surface area (Å²) in [6.07, 6.45) is 1.84. The van der Waals surface area contributed by atoms with Crippen molar-refractivity contribution in [1.82, 2.24) is 0 Å². The summed E-state index contributed by atoms with van der Waals surface area (Å²) in [6.45, 7) is 2.48. The molecule has 1 atom stereocenters. The number of ether oxygens (including phenoxy) is 1. The van der Waals surface area contributed by atoms with Crippen molar-refractivity contribution in [3.05, 3.63) is 63.9 Å². The largest absolute Gasteiger partial charge is 0.489 e. The van der Waals surface area contributed by atoms with Gasteiger partial charge in [0.1, 0.15) is 18.2 Å². The molecule has 0 radical (unpaired) electrons. The monoisotopic (exact) mass is 351 g/mol. The predicted octanol–water partition coefficient (Wildman–Crippen LogP) is 4.45. The fourth-order valence-corrected chi connectivity index (χ4v) is 2.43. The highest BCUT2D eigenvalue weighted by molar-refractivity contribution is 9.10. The topological polar surface area (TPSA) is 35.2 Å². The van der Waals surface area contributed by atoms with Crippen LogP contribution in [0.4, 0.5) is 4.39 Å². The van der Waals surface area contributed by atoms with E-state index in [1.165, 1.54) is 17.7 Å². The van der Waals surface area contributed by atoms with Crippen LogP contribution in [-0.4, -0.2) is 6.04 Å². The zero-order chi connectivity index (χ0) is 15.2. The molecule has 2 rings (SSSR count). The van der Waals surface area contributed by atoms with E-state index in [1.807, 2.05) is 24.3 Å². The number of rotatable bonds is 6. The van der Waals surface area contributed by atoms with Crippen molar-refractivity contribution in [2.75, 3.05) is 0 Å². The molecule has 0 aliphatic rings. The van der Waals surface area contributed by atoms with E-state index in [9.17, 15) is 4.39 Å². The second kappa shape index (κ2) is 7.57. The molecule has 0 amide bonds. The molecule has 0 spiro atoms. The number of halogens is 2. The van der Waals surface area contributed by atoms with Crippen LogP contribution in [0.1, 0.15) is 24.5 Å². The van der Waals surface area contributed by atoms with Crippen LogP contribution < -0.4 is 10.5 Å². The minimum absolute atomic E-state index is 0.201. The maximum absolute atomic E-state index is 13.0. The summed E-state index contributed by atoms with van der Waals surface area (Å²) in [5.41, 5.74) is 8.06. The molecule has 112 valence electrons. The van der Waals surface area contributed by atoms with E-state index >= 15 is 0 Å². The highest BCUT2D eigenvalue weighted by atomic mass is 79.9. The molecule has 0 fully saturated rings. The lowest BCUT2D eigenvalue weighted by molar-refractivity contribution is 0.305. The Morgan fingerprint density at radius 1 is 1.19 bits per heavy atom. The Labute approximate surface area is 133 Å². The van der Waals surface area contributed by atoms with Crippen LogP contribution in [0.5, 0.6) is 5.75 Å². The van der Waals surface area contributed by atoms with Gasteiger partial charge in [0.25, 0.3) is 0 Å². The summed E-state index contributed by atoms with van der Waals surface area (Å²) >= 11 is 3.33. The third-order valence-electron chi connectivity index (χ3n) is 3.36. The van der Waals surface area contributed by atoms with Crippen molar-refractivity contribution in [3.8, 4) is 5.75 Å². The maximum Gasteiger partial charge on any atom is 0.124 e. The highest BCUT2D eigenvalue weighted by Gasteiger charge is 2.04. The number of hydrogen-bond donors (Lipinski definition) is 1. The summed E-state index contributed by atoms with van der Waals surface area (Å²) in [7, 11) is 0. The zero-order valence-corrected chi connectivity index (χ0v) is 13.6. The molecule has 1 unspecified atom stereocenters. The van der Waals surface area contributed by atoms with Gasteiger partial charge >= 0.3 is 0 Å². The molecule has 2 N–H and O–H groups in total. The normalized spacial score (nSPS) is 12.2. The molecule has 2 nitrogen and oxygen atoms in total. The summed E-state index contributed by atoms with van der Waals surface area (Å²) in [5.74, 6) is 0.530. The van der Waals surface area contributed by atoms with Crippen LogP contribution in [-0.2, 0) is 13.0 Å². The average molecular weight is 352 g/mol. The van der Waals surface area contributed by atoms with Gasteiger partial charge in [-0.1, -0.05) is 41.1 Å². The van der Waals surface area contributed by atoms with E-state index < -0.39 is 0 Å². The Hall–Kier alpha value is -1.39. The quantitative estimate of drug-likeness (QED) is 0.834. The van der Waals surface area contributed by atoms with Crippen LogP contribution in [0, 0.1) is 5.82 Å². The Morgan fingerprint density at radius 2 is 1.90 bits per heavy atom. The molecule has 21 heavy (non-hydrogen) atoms. The molecular weight excluding hydrogens is 333 g/mol. The van der Waals surface area contributed by atoms with Crippen molar-refractivity contribution in [2.45, 2.75) is 32.4 Å². The Kier molecular flexibility index (Phi) is 5.76. The molecule has 0 aromatic heterocycles. The third kappa shape index (κ3) is 4.83. The van der Waals surface area contributed by atoms with Gasteiger partial charge < -0.3 is 10.5 Å². The lowest BCUT2D eigenvalue weighted by Crippen LogP contribution is -2.21. The SMILES string of the molecule is CCC(N)Cc1ccc(OCc2ccc(F)cc2Br)cc1. The van der Waals surface area contributed by atoms with E-state index in [0.717, 1.165) is 24.2 Å². The van der Waals surface area contributed by atoms with Crippen molar-refractivity contribution >= 4 is 15.9 Å². The molecule has 0 aliphatic heterocycles. The summed E-state index contributed by atoms with van der Waals surface area (Å²) < 4.78 is 19.4. The standard InChI is InChI=1S/C17H19BrFNO/c1-2-15(20)9-12-3-7-16(8-4-12)21-11-13-5-6-14(19)10-17(13)18/h3-8,10,15H,2,9,11,20H2,1H3. The van der Waals surface area contributed by atoms with E-state index in [4.69, 9.17) is 10.5 Å². The predicted molar refractivity (Wildman–Crippen MR) is 86.8 cm³/mol. The van der Waals surface area contributed by atoms with Gasteiger partial charge in [0.15, 0.2) is 0 Å². The van der Waals surface area contributed by atoms with E-state index in [1.54, 1.807) is 6.07 Å². The van der Waals surface area contributed by atoms with E-state index in [0.29, 0.717) is 11.1 Å². The first-order valence-electron chi connectivity index (χ1n) is 6.99. The van der Waals surface area contributed by atoms with Gasteiger partial charge in [-0.3, -0.25) is 0 Å². The van der Waals surface area contributed by atoms with Gasteiger partial charge in [-0.25, -0.2) is 4.39 Å².